The Morgan fingerprint density at radius 2 is 2.11 bits per heavy atom. The van der Waals surface area contributed by atoms with E-state index in [-0.39, 0.29) is 15.6 Å². The largest absolute Gasteiger partial charge is 0.505 e. The number of hydrogen-bond donors (Lipinski definition) is 2. The molecule has 0 atom stereocenters. The highest BCUT2D eigenvalue weighted by atomic mass is 32.1. The number of anilines is 1. The van der Waals surface area contributed by atoms with Crippen LogP contribution in [0, 0.1) is 15.9 Å². The minimum atomic E-state index is -0.866. The van der Waals surface area contributed by atoms with Crippen LogP contribution in [0.25, 0.3) is 0 Å². The lowest BCUT2D eigenvalue weighted by Crippen LogP contribution is -2.10. The Morgan fingerprint density at radius 3 is 2.68 bits per heavy atom. The molecule has 0 bridgehead atoms. The van der Waals surface area contributed by atoms with Gasteiger partial charge in [-0.05, 0) is 18.2 Å². The molecule has 2 N–H and O–H groups in total. The molecule has 0 unspecified atom stereocenters. The molecule has 1 aromatic heterocycles. The third-order valence-corrected chi connectivity index (χ3v) is 3.24. The minimum Gasteiger partial charge on any atom is -0.505 e. The molecule has 0 spiro atoms. The summed E-state index contributed by atoms with van der Waals surface area (Å²) in [5.41, 5.74) is 0.149. The van der Waals surface area contributed by atoms with Crippen LogP contribution in [0.15, 0.2) is 30.3 Å². The van der Waals surface area contributed by atoms with Crippen LogP contribution in [0.2, 0.25) is 0 Å². The number of phenolic OH excluding ortho intramolecular Hbond substituents is 1. The number of nitro groups is 1. The maximum atomic E-state index is 13.1. The van der Waals surface area contributed by atoms with Gasteiger partial charge in [0.2, 0.25) is 0 Å². The van der Waals surface area contributed by atoms with Crippen molar-refractivity contribution in [2.75, 3.05) is 5.32 Å². The molecule has 6 nitrogen and oxygen atoms in total. The average molecular weight is 282 g/mol. The van der Waals surface area contributed by atoms with Crippen LogP contribution in [0.4, 0.5) is 15.1 Å². The van der Waals surface area contributed by atoms with Gasteiger partial charge >= 0.3 is 5.00 Å². The number of amides is 1. The zero-order chi connectivity index (χ0) is 14.0. The van der Waals surface area contributed by atoms with Crippen molar-refractivity contribution in [3.05, 3.63) is 51.1 Å². The Kier molecular flexibility index (Phi) is 3.43. The summed E-state index contributed by atoms with van der Waals surface area (Å²) in [7, 11) is 0. The molecule has 8 heteroatoms. The molecule has 0 fully saturated rings. The standard InChI is InChI=1S/C11H7FN2O4S/c12-7-5-6(1-2-8(7)15)13-11(16)9-3-4-10(19-9)14(17)18/h1-5,15H,(H,13,16). The van der Waals surface area contributed by atoms with Crippen LogP contribution in [0.5, 0.6) is 5.75 Å². The van der Waals surface area contributed by atoms with Gasteiger partial charge < -0.3 is 10.4 Å². The molecule has 0 aliphatic rings. The van der Waals surface area contributed by atoms with Gasteiger partial charge in [0, 0.05) is 17.8 Å². The smallest absolute Gasteiger partial charge is 0.324 e. The molecular formula is C11H7FN2O4S. The lowest BCUT2D eigenvalue weighted by molar-refractivity contribution is -0.380. The van der Waals surface area contributed by atoms with Gasteiger partial charge in [-0.2, -0.15) is 0 Å². The molecular weight excluding hydrogens is 275 g/mol. The second kappa shape index (κ2) is 5.02. The predicted octanol–water partition coefficient (Wildman–Crippen LogP) is 2.75. The van der Waals surface area contributed by atoms with Crippen molar-refractivity contribution < 1.29 is 19.2 Å². The first kappa shape index (κ1) is 13.0. The number of hydrogen-bond acceptors (Lipinski definition) is 5. The summed E-state index contributed by atoms with van der Waals surface area (Å²) in [4.78, 5) is 21.8. The van der Waals surface area contributed by atoms with E-state index in [4.69, 9.17) is 5.11 Å². The zero-order valence-electron chi connectivity index (χ0n) is 9.29. The average Bonchev–Trinajstić information content (AvgIpc) is 2.83. The van der Waals surface area contributed by atoms with Gasteiger partial charge in [0.05, 0.1) is 9.80 Å². The van der Waals surface area contributed by atoms with Crippen LogP contribution in [0.1, 0.15) is 9.67 Å². The number of rotatable bonds is 3. The Labute approximate surface area is 110 Å². The normalized spacial score (nSPS) is 10.2. The molecule has 0 aliphatic heterocycles. The van der Waals surface area contributed by atoms with Gasteiger partial charge in [0.25, 0.3) is 5.91 Å². The summed E-state index contributed by atoms with van der Waals surface area (Å²) in [6.07, 6.45) is 0. The lowest BCUT2D eigenvalue weighted by atomic mass is 10.3. The van der Waals surface area contributed by atoms with E-state index in [1.54, 1.807) is 0 Å². The van der Waals surface area contributed by atoms with E-state index in [0.717, 1.165) is 23.5 Å². The van der Waals surface area contributed by atoms with E-state index in [9.17, 15) is 19.3 Å². The molecule has 98 valence electrons. The second-order valence-electron chi connectivity index (χ2n) is 3.52. The SMILES string of the molecule is O=C(Nc1ccc(O)c(F)c1)c1ccc([N+](=O)[O-])s1. The number of carbonyl (C=O) groups is 1. The van der Waals surface area contributed by atoms with E-state index in [1.165, 1.54) is 18.2 Å². The Balaban J connectivity index is 2.15. The van der Waals surface area contributed by atoms with Crippen molar-refractivity contribution in [3.8, 4) is 5.75 Å². The molecule has 0 radical (unpaired) electrons. The Bertz CT molecular complexity index is 656. The number of thiophene rings is 1. The second-order valence-corrected chi connectivity index (χ2v) is 4.58. The first-order valence-corrected chi connectivity index (χ1v) is 5.83. The molecule has 2 rings (SSSR count). The topological polar surface area (TPSA) is 92.5 Å². The van der Waals surface area contributed by atoms with E-state index in [1.807, 2.05) is 0 Å². The number of carbonyl (C=O) groups excluding carboxylic acids is 1. The molecule has 0 saturated carbocycles. The van der Waals surface area contributed by atoms with Crippen LogP contribution < -0.4 is 5.32 Å². The van der Waals surface area contributed by atoms with Crippen LogP contribution in [-0.4, -0.2) is 15.9 Å². The number of nitrogens with zero attached hydrogens (tertiary/aromatic N) is 1. The number of benzene rings is 1. The first-order valence-electron chi connectivity index (χ1n) is 5.01. The number of nitrogens with one attached hydrogen (secondary N) is 1. The van der Waals surface area contributed by atoms with Crippen molar-refractivity contribution >= 4 is 27.9 Å². The Morgan fingerprint density at radius 1 is 1.37 bits per heavy atom. The highest BCUT2D eigenvalue weighted by Gasteiger charge is 2.15. The fraction of sp³-hybridized carbons (Fsp3) is 0. The lowest BCUT2D eigenvalue weighted by Gasteiger charge is -2.03. The highest BCUT2D eigenvalue weighted by Crippen LogP contribution is 2.25. The first-order chi connectivity index (χ1) is 8.97. The summed E-state index contributed by atoms with van der Waals surface area (Å²) in [5, 5.41) is 21.7. The van der Waals surface area contributed by atoms with Crippen LogP contribution in [0.3, 0.4) is 0 Å². The van der Waals surface area contributed by atoms with E-state index in [0.29, 0.717) is 0 Å². The molecule has 0 saturated heterocycles. The zero-order valence-corrected chi connectivity index (χ0v) is 10.1. The molecule has 0 aliphatic carbocycles. The fourth-order valence-corrected chi connectivity index (χ4v) is 2.04. The van der Waals surface area contributed by atoms with Gasteiger partial charge in [0.1, 0.15) is 0 Å². The Hall–Kier alpha value is -2.48. The molecule has 1 amide bonds. The number of halogens is 1. The van der Waals surface area contributed by atoms with E-state index in [2.05, 4.69) is 5.32 Å². The summed E-state index contributed by atoms with van der Waals surface area (Å²) in [6.45, 7) is 0. The molecule has 1 aromatic carbocycles. The van der Waals surface area contributed by atoms with Gasteiger partial charge in [-0.15, -0.1) is 0 Å². The van der Waals surface area contributed by atoms with Gasteiger partial charge in [-0.25, -0.2) is 4.39 Å². The number of aromatic hydroxyl groups is 1. The van der Waals surface area contributed by atoms with Crippen LogP contribution in [-0.2, 0) is 0 Å². The monoisotopic (exact) mass is 282 g/mol. The van der Waals surface area contributed by atoms with E-state index >= 15 is 0 Å². The van der Waals surface area contributed by atoms with Crippen molar-refractivity contribution in [2.24, 2.45) is 0 Å². The van der Waals surface area contributed by atoms with Gasteiger partial charge in [-0.1, -0.05) is 11.3 Å². The van der Waals surface area contributed by atoms with E-state index < -0.39 is 22.4 Å². The predicted molar refractivity (Wildman–Crippen MR) is 67.0 cm³/mol. The summed E-state index contributed by atoms with van der Waals surface area (Å²) < 4.78 is 13.1. The summed E-state index contributed by atoms with van der Waals surface area (Å²) in [6, 6.07) is 5.90. The highest BCUT2D eigenvalue weighted by molar-refractivity contribution is 7.17. The minimum absolute atomic E-state index is 0.139. The van der Waals surface area contributed by atoms with Crippen LogP contribution >= 0.6 is 11.3 Å². The third kappa shape index (κ3) is 2.86. The van der Waals surface area contributed by atoms with Crippen molar-refractivity contribution in [1.82, 2.24) is 0 Å². The van der Waals surface area contributed by atoms with Gasteiger partial charge in [-0.3, -0.25) is 14.9 Å². The quantitative estimate of drug-likeness (QED) is 0.514. The molecule has 19 heavy (non-hydrogen) atoms. The fourth-order valence-electron chi connectivity index (χ4n) is 1.33. The maximum Gasteiger partial charge on any atom is 0.324 e. The van der Waals surface area contributed by atoms with Crippen molar-refractivity contribution in [2.45, 2.75) is 0 Å². The van der Waals surface area contributed by atoms with Crippen molar-refractivity contribution in [3.63, 3.8) is 0 Å². The molecule has 2 aromatic rings. The third-order valence-electron chi connectivity index (χ3n) is 2.20. The maximum absolute atomic E-state index is 13.1. The van der Waals surface area contributed by atoms with Gasteiger partial charge in [0.15, 0.2) is 11.6 Å². The summed E-state index contributed by atoms with van der Waals surface area (Å²) in [5.74, 6) is -1.97. The summed E-state index contributed by atoms with van der Waals surface area (Å²) >= 11 is 0.721. The number of phenols is 1. The van der Waals surface area contributed by atoms with Crippen molar-refractivity contribution in [1.29, 1.82) is 0 Å². The molecule has 1 heterocycles.